The van der Waals surface area contributed by atoms with E-state index in [1.54, 1.807) is 18.2 Å². The summed E-state index contributed by atoms with van der Waals surface area (Å²) in [5.74, 6) is 1.39. The zero-order chi connectivity index (χ0) is 14.0. The highest BCUT2D eigenvalue weighted by atomic mass is 16.5. The Morgan fingerprint density at radius 2 is 2.00 bits per heavy atom. The molecule has 2 rings (SSSR count). The highest BCUT2D eigenvalue weighted by Crippen LogP contribution is 2.32. The van der Waals surface area contributed by atoms with Gasteiger partial charge in [0.2, 0.25) is 0 Å². The molecule has 0 heterocycles. The second-order valence-electron chi connectivity index (χ2n) is 5.79. The Labute approximate surface area is 114 Å². The molecule has 0 spiro atoms. The van der Waals surface area contributed by atoms with E-state index in [9.17, 15) is 4.79 Å². The van der Waals surface area contributed by atoms with Crippen LogP contribution in [0.4, 0.5) is 0 Å². The van der Waals surface area contributed by atoms with Crippen LogP contribution < -0.4 is 4.74 Å². The standard InChI is InChI=1S/C16H22O3/c1-10-4-6-14(9-11(10)2)19-15-7-5-13(16(17)18)8-12(15)3/h5,7-8,10-11,14H,4,6,9H2,1-3H3,(H,17,18). The van der Waals surface area contributed by atoms with Gasteiger partial charge in [-0.1, -0.05) is 13.8 Å². The predicted molar refractivity (Wildman–Crippen MR) is 74.7 cm³/mol. The van der Waals surface area contributed by atoms with Crippen LogP contribution in [0.5, 0.6) is 5.75 Å². The van der Waals surface area contributed by atoms with Crippen LogP contribution in [-0.4, -0.2) is 17.2 Å². The van der Waals surface area contributed by atoms with Crippen molar-refractivity contribution < 1.29 is 14.6 Å². The molecule has 0 bridgehead atoms. The summed E-state index contributed by atoms with van der Waals surface area (Å²) in [5, 5.41) is 8.94. The van der Waals surface area contributed by atoms with Crippen molar-refractivity contribution in [3.63, 3.8) is 0 Å². The Balaban J connectivity index is 2.05. The highest BCUT2D eigenvalue weighted by molar-refractivity contribution is 5.88. The van der Waals surface area contributed by atoms with Crippen molar-refractivity contribution in [2.75, 3.05) is 0 Å². The molecule has 3 unspecified atom stereocenters. The van der Waals surface area contributed by atoms with Crippen molar-refractivity contribution in [1.82, 2.24) is 0 Å². The van der Waals surface area contributed by atoms with Crippen molar-refractivity contribution in [1.29, 1.82) is 0 Å². The summed E-state index contributed by atoms with van der Waals surface area (Å²) in [4.78, 5) is 10.9. The highest BCUT2D eigenvalue weighted by Gasteiger charge is 2.26. The van der Waals surface area contributed by atoms with Crippen LogP contribution in [0.15, 0.2) is 18.2 Å². The van der Waals surface area contributed by atoms with E-state index in [1.165, 1.54) is 6.42 Å². The Bertz CT molecular complexity index is 467. The number of hydrogen-bond donors (Lipinski definition) is 1. The number of aryl methyl sites for hydroxylation is 1. The lowest BCUT2D eigenvalue weighted by Gasteiger charge is -2.32. The second kappa shape index (κ2) is 5.64. The van der Waals surface area contributed by atoms with Gasteiger partial charge in [-0.2, -0.15) is 0 Å². The number of carboxylic acids is 1. The van der Waals surface area contributed by atoms with Gasteiger partial charge in [0.05, 0.1) is 11.7 Å². The monoisotopic (exact) mass is 262 g/mol. The minimum atomic E-state index is -0.894. The summed E-state index contributed by atoms with van der Waals surface area (Å²) in [6, 6.07) is 5.06. The minimum Gasteiger partial charge on any atom is -0.490 e. The quantitative estimate of drug-likeness (QED) is 0.898. The van der Waals surface area contributed by atoms with Crippen LogP contribution >= 0.6 is 0 Å². The fraction of sp³-hybridized carbons (Fsp3) is 0.562. The molecule has 1 aromatic rings. The molecule has 0 aromatic heterocycles. The van der Waals surface area contributed by atoms with Crippen LogP contribution in [0.3, 0.4) is 0 Å². The van der Waals surface area contributed by atoms with Crippen LogP contribution in [-0.2, 0) is 0 Å². The van der Waals surface area contributed by atoms with Crippen LogP contribution in [0, 0.1) is 18.8 Å². The molecular weight excluding hydrogens is 240 g/mol. The first-order valence-electron chi connectivity index (χ1n) is 6.98. The molecular formula is C16H22O3. The first kappa shape index (κ1) is 13.9. The summed E-state index contributed by atoms with van der Waals surface area (Å²) in [6.07, 6.45) is 3.64. The minimum absolute atomic E-state index is 0.264. The fourth-order valence-electron chi connectivity index (χ4n) is 2.70. The number of ether oxygens (including phenoxy) is 1. The molecule has 0 saturated heterocycles. The first-order chi connectivity index (χ1) is 8.97. The van der Waals surface area contributed by atoms with E-state index in [0.29, 0.717) is 11.5 Å². The second-order valence-corrected chi connectivity index (χ2v) is 5.79. The van der Waals surface area contributed by atoms with Gasteiger partial charge in [0.15, 0.2) is 0 Å². The van der Waals surface area contributed by atoms with Gasteiger partial charge in [-0.05, 0) is 61.8 Å². The molecule has 3 heteroatoms. The number of carboxylic acid groups (broad SMARTS) is 1. The number of rotatable bonds is 3. The molecule has 0 aliphatic heterocycles. The number of aromatic carboxylic acids is 1. The Morgan fingerprint density at radius 3 is 2.58 bits per heavy atom. The van der Waals surface area contributed by atoms with Gasteiger partial charge in [0, 0.05) is 0 Å². The van der Waals surface area contributed by atoms with Gasteiger partial charge in [0.25, 0.3) is 0 Å². The summed E-state index contributed by atoms with van der Waals surface area (Å²) in [7, 11) is 0. The van der Waals surface area contributed by atoms with E-state index in [0.717, 1.165) is 30.1 Å². The lowest BCUT2D eigenvalue weighted by molar-refractivity contribution is 0.0696. The molecule has 104 valence electrons. The third kappa shape index (κ3) is 3.28. The van der Waals surface area contributed by atoms with Crippen molar-refractivity contribution in [2.45, 2.75) is 46.1 Å². The number of hydrogen-bond acceptors (Lipinski definition) is 2. The summed E-state index contributed by atoms with van der Waals surface area (Å²) >= 11 is 0. The van der Waals surface area contributed by atoms with E-state index < -0.39 is 5.97 Å². The maximum absolute atomic E-state index is 10.9. The molecule has 1 aromatic carbocycles. The smallest absolute Gasteiger partial charge is 0.335 e. The molecule has 0 amide bonds. The maximum atomic E-state index is 10.9. The number of carbonyl (C=O) groups is 1. The molecule has 3 atom stereocenters. The zero-order valence-corrected chi connectivity index (χ0v) is 11.8. The van der Waals surface area contributed by atoms with E-state index in [4.69, 9.17) is 9.84 Å². The SMILES string of the molecule is Cc1cc(C(=O)O)ccc1OC1CCC(C)C(C)C1. The van der Waals surface area contributed by atoms with E-state index in [-0.39, 0.29) is 6.10 Å². The lowest BCUT2D eigenvalue weighted by Crippen LogP contribution is -2.28. The van der Waals surface area contributed by atoms with Crippen LogP contribution in [0.2, 0.25) is 0 Å². The van der Waals surface area contributed by atoms with Gasteiger partial charge in [-0.3, -0.25) is 0 Å². The van der Waals surface area contributed by atoms with Crippen molar-refractivity contribution in [2.24, 2.45) is 11.8 Å². The van der Waals surface area contributed by atoms with Gasteiger partial charge < -0.3 is 9.84 Å². The van der Waals surface area contributed by atoms with E-state index >= 15 is 0 Å². The van der Waals surface area contributed by atoms with Crippen molar-refractivity contribution in [3.05, 3.63) is 29.3 Å². The Kier molecular flexibility index (Phi) is 4.13. The molecule has 1 aliphatic rings. The molecule has 1 aliphatic carbocycles. The predicted octanol–water partition coefficient (Wildman–Crippen LogP) is 3.90. The van der Waals surface area contributed by atoms with Gasteiger partial charge in [0.1, 0.15) is 5.75 Å². The molecule has 1 saturated carbocycles. The van der Waals surface area contributed by atoms with Crippen molar-refractivity contribution >= 4 is 5.97 Å². The van der Waals surface area contributed by atoms with Crippen LogP contribution in [0.25, 0.3) is 0 Å². The normalized spacial score (nSPS) is 27.0. The maximum Gasteiger partial charge on any atom is 0.335 e. The van der Waals surface area contributed by atoms with Gasteiger partial charge in [-0.15, -0.1) is 0 Å². The Morgan fingerprint density at radius 1 is 1.26 bits per heavy atom. The van der Waals surface area contributed by atoms with Crippen molar-refractivity contribution in [3.8, 4) is 5.75 Å². The molecule has 1 fully saturated rings. The summed E-state index contributed by atoms with van der Waals surface area (Å²) in [5.41, 5.74) is 1.21. The largest absolute Gasteiger partial charge is 0.490 e. The summed E-state index contributed by atoms with van der Waals surface area (Å²) in [6.45, 7) is 6.48. The van der Waals surface area contributed by atoms with Gasteiger partial charge in [-0.25, -0.2) is 4.79 Å². The summed E-state index contributed by atoms with van der Waals surface area (Å²) < 4.78 is 6.05. The van der Waals surface area contributed by atoms with Crippen LogP contribution in [0.1, 0.15) is 49.0 Å². The Hall–Kier alpha value is -1.51. The topological polar surface area (TPSA) is 46.5 Å². The molecule has 1 N–H and O–H groups in total. The third-order valence-corrected chi connectivity index (χ3v) is 4.27. The molecule has 19 heavy (non-hydrogen) atoms. The fourth-order valence-corrected chi connectivity index (χ4v) is 2.70. The van der Waals surface area contributed by atoms with Gasteiger partial charge >= 0.3 is 5.97 Å². The number of benzene rings is 1. The third-order valence-electron chi connectivity index (χ3n) is 4.27. The lowest BCUT2D eigenvalue weighted by atomic mass is 9.80. The first-order valence-corrected chi connectivity index (χ1v) is 6.98. The zero-order valence-electron chi connectivity index (χ0n) is 11.8. The molecule has 0 radical (unpaired) electrons. The average Bonchev–Trinajstić information content (AvgIpc) is 2.36. The van der Waals surface area contributed by atoms with E-state index in [2.05, 4.69) is 13.8 Å². The molecule has 3 nitrogen and oxygen atoms in total. The van der Waals surface area contributed by atoms with E-state index in [1.807, 2.05) is 6.92 Å². The average molecular weight is 262 g/mol.